The highest BCUT2D eigenvalue weighted by atomic mass is 32.2. The number of aromatic nitrogens is 12. The fourth-order valence-electron chi connectivity index (χ4n) is 6.28. The van der Waals surface area contributed by atoms with Crippen molar-refractivity contribution in [1.29, 1.82) is 0 Å². The van der Waals surface area contributed by atoms with Gasteiger partial charge in [-0.05, 0) is 65.1 Å². The van der Waals surface area contributed by atoms with Gasteiger partial charge in [0.2, 0.25) is 17.7 Å². The van der Waals surface area contributed by atoms with Gasteiger partial charge in [0.1, 0.15) is 58.6 Å². The zero-order valence-electron chi connectivity index (χ0n) is 30.4. The molecule has 296 valence electrons. The molecule has 7 unspecified atom stereocenters. The van der Waals surface area contributed by atoms with Gasteiger partial charge in [-0.3, -0.25) is 24.1 Å². The minimum Gasteiger partial charge on any atom is -0.340 e. The molecule has 0 radical (unpaired) electrons. The van der Waals surface area contributed by atoms with Gasteiger partial charge in [-0.2, -0.15) is 10.5 Å². The summed E-state index contributed by atoms with van der Waals surface area (Å²) in [6, 6.07) is -1.12. The summed E-state index contributed by atoms with van der Waals surface area (Å²) < 4.78 is 4.47. The third-order valence-corrected chi connectivity index (χ3v) is 16.8. The Morgan fingerprint density at radius 2 is 1.39 bits per heavy atom. The van der Waals surface area contributed by atoms with E-state index in [0.29, 0.717) is 0 Å². The molecule has 0 saturated carbocycles. The second-order valence-corrected chi connectivity index (χ2v) is 21.1. The largest absolute Gasteiger partial charge is 0.340 e. The van der Waals surface area contributed by atoms with E-state index in [1.54, 1.807) is 51.1 Å². The maximum Gasteiger partial charge on any atom is 0.253 e. The molecule has 0 aliphatic carbocycles. The van der Waals surface area contributed by atoms with Crippen LogP contribution in [0.15, 0.2) is 43.6 Å². The first-order valence-corrected chi connectivity index (χ1v) is 23.5. The van der Waals surface area contributed by atoms with Crippen molar-refractivity contribution in [3.05, 3.63) is 44.9 Å². The van der Waals surface area contributed by atoms with Crippen LogP contribution in [-0.2, 0) is 32.3 Å². The number of aryl methyl sites for hydroxylation is 2. The van der Waals surface area contributed by atoms with Crippen molar-refractivity contribution in [2.24, 2.45) is 0 Å². The van der Waals surface area contributed by atoms with Crippen molar-refractivity contribution in [1.82, 2.24) is 81.2 Å². The SMILES string of the molecule is C=S1C=C(CSc2nnc(C)s2)C(C)N2C(=O)C(NC(=O)Cn3cnnn3)C21.C=S1CC(CSc2nnc(C)s2)=C(C)N2C(=O)C(NC(=O)Cn3cnnn3)C21. The number of hydrogen-bond acceptors (Lipinski definition) is 18. The van der Waals surface area contributed by atoms with Gasteiger partial charge in [0.15, 0.2) is 8.68 Å². The minimum atomic E-state index is -0.552. The summed E-state index contributed by atoms with van der Waals surface area (Å²) in [5, 5.41) is 47.0. The van der Waals surface area contributed by atoms with Gasteiger partial charge in [-0.1, -0.05) is 57.9 Å². The molecule has 7 atom stereocenters. The van der Waals surface area contributed by atoms with E-state index in [2.05, 4.69) is 79.2 Å². The molecule has 56 heavy (non-hydrogen) atoms. The lowest BCUT2D eigenvalue weighted by Crippen LogP contribution is -2.73. The number of nitrogens with zero attached hydrogens (tertiary/aromatic N) is 14. The summed E-state index contributed by atoms with van der Waals surface area (Å²) in [6.45, 7) is 7.78. The van der Waals surface area contributed by atoms with Crippen LogP contribution in [0.4, 0.5) is 0 Å². The number of thioether (sulfide) groups is 2. The number of rotatable bonds is 12. The van der Waals surface area contributed by atoms with Crippen molar-refractivity contribution < 1.29 is 19.2 Å². The monoisotopic (exact) mass is 876 g/mol. The van der Waals surface area contributed by atoms with E-state index in [9.17, 15) is 19.2 Å². The molecule has 4 aromatic rings. The Bertz CT molecular complexity index is 2190. The number of fused-ring (bicyclic) bond motifs is 2. The fourth-order valence-corrected chi connectivity index (χ4v) is 14.3. The van der Waals surface area contributed by atoms with Crippen LogP contribution in [0.1, 0.15) is 23.9 Å². The molecule has 8 heterocycles. The zero-order chi connectivity index (χ0) is 39.7. The molecule has 8 rings (SSSR count). The van der Waals surface area contributed by atoms with Crippen LogP contribution in [0, 0.1) is 13.8 Å². The first-order valence-electron chi connectivity index (χ1n) is 16.8. The van der Waals surface area contributed by atoms with Crippen LogP contribution in [0.5, 0.6) is 0 Å². The Hall–Kier alpha value is -4.24. The van der Waals surface area contributed by atoms with Crippen LogP contribution >= 0.6 is 67.2 Å². The number of nitrogens with one attached hydrogen (secondary N) is 2. The van der Waals surface area contributed by atoms with Crippen LogP contribution in [-0.4, -0.2) is 152 Å². The van der Waals surface area contributed by atoms with Gasteiger partial charge in [0.25, 0.3) is 5.91 Å². The first kappa shape index (κ1) is 40.0. The van der Waals surface area contributed by atoms with E-state index < -0.39 is 22.6 Å². The molecule has 26 heteroatoms. The Morgan fingerprint density at radius 3 is 1.91 bits per heavy atom. The second kappa shape index (κ2) is 17.1. The third kappa shape index (κ3) is 8.53. The average Bonchev–Trinajstić information content (AvgIpc) is 4.01. The predicted octanol–water partition coefficient (Wildman–Crippen LogP) is 0.532. The molecule has 4 aliphatic rings. The van der Waals surface area contributed by atoms with Crippen LogP contribution < -0.4 is 10.6 Å². The highest BCUT2D eigenvalue weighted by Crippen LogP contribution is 2.45. The number of tetrazole rings is 2. The lowest BCUT2D eigenvalue weighted by Gasteiger charge is -2.53. The lowest BCUT2D eigenvalue weighted by molar-refractivity contribution is -0.150. The van der Waals surface area contributed by atoms with Crippen molar-refractivity contribution in [3.8, 4) is 0 Å². The van der Waals surface area contributed by atoms with Crippen molar-refractivity contribution in [3.63, 3.8) is 0 Å². The normalized spacial score (nSPS) is 25.3. The van der Waals surface area contributed by atoms with Crippen molar-refractivity contribution in [2.45, 2.75) is 78.3 Å². The van der Waals surface area contributed by atoms with Gasteiger partial charge in [0, 0.05) is 23.0 Å². The Balaban J connectivity index is 0.000000172. The van der Waals surface area contributed by atoms with E-state index in [4.69, 9.17) is 0 Å². The number of allylic oxidation sites excluding steroid dienone is 1. The molecule has 4 amide bonds. The molecule has 4 aromatic heterocycles. The summed E-state index contributed by atoms with van der Waals surface area (Å²) in [7, 11) is -0.700. The molecule has 0 spiro atoms. The van der Waals surface area contributed by atoms with Gasteiger partial charge >= 0.3 is 0 Å². The average molecular weight is 877 g/mol. The summed E-state index contributed by atoms with van der Waals surface area (Å²) in [4.78, 5) is 53.4. The van der Waals surface area contributed by atoms with E-state index in [0.717, 1.165) is 47.2 Å². The Labute approximate surface area is 341 Å². The number of amides is 4. The van der Waals surface area contributed by atoms with Crippen molar-refractivity contribution in [2.75, 3.05) is 17.3 Å². The molecule has 2 N–H and O–H groups in total. The van der Waals surface area contributed by atoms with Crippen LogP contribution in [0.2, 0.25) is 0 Å². The summed E-state index contributed by atoms with van der Waals surface area (Å²) in [6.07, 6.45) is 2.71. The van der Waals surface area contributed by atoms with Gasteiger partial charge in [0.05, 0.1) is 6.04 Å². The maximum absolute atomic E-state index is 12.7. The molecule has 20 nitrogen and oxygen atoms in total. The molecular weight excluding hydrogens is 841 g/mol. The van der Waals surface area contributed by atoms with E-state index in [1.807, 2.05) is 32.6 Å². The third-order valence-electron chi connectivity index (χ3n) is 9.04. The number of β-lactam (4-membered cyclic amide) rings is 2. The zero-order valence-corrected chi connectivity index (χ0v) is 35.3. The predicted molar refractivity (Wildman–Crippen MR) is 216 cm³/mol. The molecule has 4 aliphatic heterocycles. The Kier molecular flexibility index (Phi) is 12.2. The van der Waals surface area contributed by atoms with E-state index in [1.165, 1.54) is 27.6 Å². The highest BCUT2D eigenvalue weighted by molar-refractivity contribution is 8.17. The number of carbonyl (C=O) groups is 4. The highest BCUT2D eigenvalue weighted by Gasteiger charge is 2.54. The summed E-state index contributed by atoms with van der Waals surface area (Å²) >= 11 is 6.37. The second-order valence-electron chi connectivity index (χ2n) is 12.8. The van der Waals surface area contributed by atoms with E-state index in [-0.39, 0.29) is 64.0 Å². The molecule has 2 saturated heterocycles. The molecule has 2 fully saturated rings. The molecule has 0 bridgehead atoms. The summed E-state index contributed by atoms with van der Waals surface area (Å²) in [5.41, 5.74) is 3.31. The Morgan fingerprint density at radius 1 is 0.839 bits per heavy atom. The quantitative estimate of drug-likeness (QED) is 0.112. The van der Waals surface area contributed by atoms with Gasteiger partial charge in [-0.25, -0.2) is 9.36 Å². The summed E-state index contributed by atoms with van der Waals surface area (Å²) in [5.74, 6) is 10.0. The maximum atomic E-state index is 12.7. The fraction of sp³-hybridized carbons (Fsp3) is 0.467. The first-order chi connectivity index (χ1) is 26.9. The number of carbonyl (C=O) groups excluding carboxylic acids is 4. The minimum absolute atomic E-state index is 0.0214. The number of hydrogen-bond donors (Lipinski definition) is 2. The lowest BCUT2D eigenvalue weighted by atomic mass is 10.00. The standard InChI is InChI=1S/2C15H18N8O2S3/c2*1-8-10(5-26-15-19-18-9(2)27-15)6-28(3)14-12(13(25)23(8)14)17-11(24)4-22-7-16-20-21-22/h7,12,14H,3-6H2,1-2H3,(H,17,24);6-8,12,14H,3-5H2,1-2H3,(H,17,24). The van der Waals surface area contributed by atoms with Gasteiger partial charge < -0.3 is 15.5 Å². The van der Waals surface area contributed by atoms with E-state index >= 15 is 0 Å². The molecular formula is C30H36N16O4S6. The molecule has 0 aromatic carbocycles. The van der Waals surface area contributed by atoms with Gasteiger partial charge in [-0.15, -0.1) is 41.1 Å². The van der Waals surface area contributed by atoms with Crippen LogP contribution in [0.25, 0.3) is 0 Å². The topological polar surface area (TPSA) is 238 Å². The van der Waals surface area contributed by atoms with Crippen molar-refractivity contribution >= 4 is 103 Å². The smallest absolute Gasteiger partial charge is 0.253 e. The van der Waals surface area contributed by atoms with Crippen LogP contribution in [0.3, 0.4) is 0 Å².